The van der Waals surface area contributed by atoms with Crippen molar-refractivity contribution in [3.8, 4) is 0 Å². The number of hydrogen-bond donors (Lipinski definition) is 2. The van der Waals surface area contributed by atoms with Crippen LogP contribution in [0.5, 0.6) is 0 Å². The van der Waals surface area contributed by atoms with Crippen molar-refractivity contribution >= 4 is 35.0 Å². The molecule has 6 nitrogen and oxygen atoms in total. The van der Waals surface area contributed by atoms with Crippen LogP contribution >= 0.6 is 23.2 Å². The number of dihydropyridines is 1. The number of ether oxygens (including phenoxy) is 1. The van der Waals surface area contributed by atoms with Crippen LogP contribution in [0.4, 0.5) is 13.2 Å². The number of pyridine rings is 1. The number of aromatic nitrogens is 1. The molecule has 1 amide bonds. The molecule has 0 saturated heterocycles. The van der Waals surface area contributed by atoms with E-state index in [1.165, 1.54) is 36.5 Å². The number of aliphatic imine (C=N–C) groups is 1. The number of aliphatic hydroxyl groups is 1. The van der Waals surface area contributed by atoms with Crippen LogP contribution < -0.4 is 5.32 Å². The van der Waals surface area contributed by atoms with Crippen molar-refractivity contribution in [2.45, 2.75) is 61.0 Å². The predicted octanol–water partition coefficient (Wildman–Crippen LogP) is 4.99. The number of amides is 1. The molecule has 0 bridgehead atoms. The highest BCUT2D eigenvalue weighted by Crippen LogP contribution is 2.58. The maximum Gasteiger partial charge on any atom is 0.420 e. The van der Waals surface area contributed by atoms with Crippen LogP contribution in [0.1, 0.15) is 36.9 Å². The largest absolute Gasteiger partial charge is 0.471 e. The van der Waals surface area contributed by atoms with Crippen molar-refractivity contribution in [2.24, 2.45) is 4.99 Å². The highest BCUT2D eigenvalue weighted by Gasteiger charge is 2.74. The van der Waals surface area contributed by atoms with Crippen molar-refractivity contribution in [2.75, 3.05) is 0 Å². The Labute approximate surface area is 216 Å². The predicted molar refractivity (Wildman–Crippen MR) is 130 cm³/mol. The van der Waals surface area contributed by atoms with Gasteiger partial charge in [-0.05, 0) is 30.5 Å². The first kappa shape index (κ1) is 26.4. The number of benzene rings is 1. The van der Waals surface area contributed by atoms with E-state index in [9.17, 15) is 9.90 Å². The molecule has 2 aliphatic rings. The van der Waals surface area contributed by atoms with Crippen LogP contribution in [-0.2, 0) is 21.7 Å². The fourth-order valence-corrected chi connectivity index (χ4v) is 5.23. The maximum atomic E-state index is 15.1. The van der Waals surface area contributed by atoms with Gasteiger partial charge >= 0.3 is 6.18 Å². The third kappa shape index (κ3) is 4.71. The Morgan fingerprint density at radius 3 is 2.47 bits per heavy atom. The second kappa shape index (κ2) is 10.4. The summed E-state index contributed by atoms with van der Waals surface area (Å²) in [6, 6.07) is 10.9. The van der Waals surface area contributed by atoms with Gasteiger partial charge in [-0.15, -0.1) is 0 Å². The van der Waals surface area contributed by atoms with Gasteiger partial charge in [-0.3, -0.25) is 9.78 Å². The van der Waals surface area contributed by atoms with Gasteiger partial charge in [0.05, 0.1) is 22.9 Å². The summed E-state index contributed by atoms with van der Waals surface area (Å²) in [6.45, 7) is -0.182. The fraction of sp³-hybridized carbons (Fsp3) is 0.400. The highest BCUT2D eigenvalue weighted by molar-refractivity contribution is 6.48. The van der Waals surface area contributed by atoms with Crippen molar-refractivity contribution < 1.29 is 27.8 Å². The molecular formula is C25H24Cl2F3N3O3. The van der Waals surface area contributed by atoms with Crippen LogP contribution in [0.15, 0.2) is 70.8 Å². The molecule has 192 valence electrons. The minimum Gasteiger partial charge on any atom is -0.471 e. The number of alkyl halides is 4. The van der Waals surface area contributed by atoms with E-state index >= 15 is 13.2 Å². The van der Waals surface area contributed by atoms with Crippen molar-refractivity contribution in [1.29, 1.82) is 0 Å². The zero-order valence-electron chi connectivity index (χ0n) is 19.0. The third-order valence-electron chi connectivity index (χ3n) is 6.41. The Hall–Kier alpha value is -2.62. The van der Waals surface area contributed by atoms with Crippen molar-refractivity contribution in [3.05, 3.63) is 77.1 Å². The quantitative estimate of drug-likeness (QED) is 0.522. The molecule has 1 aromatic heterocycles. The summed E-state index contributed by atoms with van der Waals surface area (Å²) < 4.78 is 50.9. The van der Waals surface area contributed by atoms with E-state index < -0.39 is 51.1 Å². The van der Waals surface area contributed by atoms with E-state index in [1.807, 2.05) is 0 Å². The normalized spacial score (nSPS) is 28.6. The monoisotopic (exact) mass is 541 g/mol. The van der Waals surface area contributed by atoms with Gasteiger partial charge in [0.25, 0.3) is 0 Å². The first-order valence-corrected chi connectivity index (χ1v) is 12.2. The molecule has 0 spiro atoms. The molecule has 36 heavy (non-hydrogen) atoms. The van der Waals surface area contributed by atoms with E-state index in [-0.39, 0.29) is 6.61 Å². The lowest BCUT2D eigenvalue weighted by Crippen LogP contribution is -2.66. The summed E-state index contributed by atoms with van der Waals surface area (Å²) in [5, 5.41) is 12.2. The molecule has 11 heteroatoms. The average molecular weight is 542 g/mol. The Balaban J connectivity index is 1.81. The molecule has 2 heterocycles. The van der Waals surface area contributed by atoms with Gasteiger partial charge in [0.1, 0.15) is 6.61 Å². The molecule has 4 atom stereocenters. The smallest absolute Gasteiger partial charge is 0.420 e. The van der Waals surface area contributed by atoms with Crippen molar-refractivity contribution in [1.82, 2.24) is 10.3 Å². The van der Waals surface area contributed by atoms with Gasteiger partial charge in [-0.1, -0.05) is 72.4 Å². The van der Waals surface area contributed by atoms with Crippen LogP contribution in [0, 0.1) is 0 Å². The Bertz CT molecular complexity index is 1150. The van der Waals surface area contributed by atoms with Crippen molar-refractivity contribution in [3.63, 3.8) is 0 Å². The van der Waals surface area contributed by atoms with Crippen LogP contribution in [0.25, 0.3) is 0 Å². The van der Waals surface area contributed by atoms with Gasteiger partial charge in [-0.2, -0.15) is 13.2 Å². The van der Waals surface area contributed by atoms with Gasteiger partial charge in [-0.25, -0.2) is 4.99 Å². The van der Waals surface area contributed by atoms with Gasteiger partial charge in [0.15, 0.2) is 4.87 Å². The third-order valence-corrected chi connectivity index (χ3v) is 7.55. The number of aliphatic hydroxyl groups excluding tert-OH is 1. The van der Waals surface area contributed by atoms with E-state index in [4.69, 9.17) is 27.9 Å². The summed E-state index contributed by atoms with van der Waals surface area (Å²) in [4.78, 5) is 18.7. The molecule has 2 unspecified atom stereocenters. The second-order valence-corrected chi connectivity index (χ2v) is 9.69. The standard InChI is InChI=1S/C25H24Cl2F3N3O3/c26-20-14-21(36-15-17-10-6-7-13-31-17)33-24(25(28,29)30,16-8-2-1-3-9-16)23(20,27)22(35)32-18-11-4-5-12-19(18)34/h1-3,6-10,13-14,18-19,34H,4-5,11-12,15H2,(H,32,35)/t18-,19-,23?,24?/m1/s1. The van der Waals surface area contributed by atoms with Gasteiger partial charge < -0.3 is 15.2 Å². The molecule has 2 N–H and O–H groups in total. The lowest BCUT2D eigenvalue weighted by Gasteiger charge is -2.46. The van der Waals surface area contributed by atoms with E-state index in [0.717, 1.165) is 12.5 Å². The second-order valence-electron chi connectivity index (χ2n) is 8.72. The zero-order chi connectivity index (χ0) is 26.0. The van der Waals surface area contributed by atoms with E-state index in [1.54, 1.807) is 18.2 Å². The topological polar surface area (TPSA) is 83.8 Å². The molecule has 4 rings (SSSR count). The van der Waals surface area contributed by atoms with Crippen LogP contribution in [0.3, 0.4) is 0 Å². The first-order valence-electron chi connectivity index (χ1n) is 11.4. The molecule has 2 aromatic rings. The maximum absolute atomic E-state index is 15.1. The fourth-order valence-electron chi connectivity index (χ4n) is 4.55. The number of carbonyl (C=O) groups excluding carboxylic acids is 1. The molecule has 1 saturated carbocycles. The molecule has 1 aliphatic carbocycles. The summed E-state index contributed by atoms with van der Waals surface area (Å²) in [5.74, 6) is -1.65. The molecule has 0 radical (unpaired) electrons. The summed E-state index contributed by atoms with van der Waals surface area (Å²) in [5.41, 5.74) is -3.26. The Morgan fingerprint density at radius 1 is 1.14 bits per heavy atom. The number of nitrogens with zero attached hydrogens (tertiary/aromatic N) is 2. The minimum absolute atomic E-state index is 0.182. The Kier molecular flexibility index (Phi) is 7.64. The molecular weight excluding hydrogens is 518 g/mol. The number of rotatable bonds is 5. The number of hydrogen-bond acceptors (Lipinski definition) is 5. The number of nitrogens with one attached hydrogen (secondary N) is 1. The van der Waals surface area contributed by atoms with E-state index in [2.05, 4.69) is 15.3 Å². The molecule has 1 fully saturated rings. The van der Waals surface area contributed by atoms with E-state index in [0.29, 0.717) is 25.0 Å². The first-order chi connectivity index (χ1) is 17.1. The lowest BCUT2D eigenvalue weighted by molar-refractivity contribution is -0.199. The molecule has 1 aliphatic heterocycles. The SMILES string of the molecule is O=C(N[C@@H]1CCCC[C@H]1O)C1(Cl)C(Cl)=CC(OCc2ccccn2)=NC1(c1ccccc1)C(F)(F)F. The summed E-state index contributed by atoms with van der Waals surface area (Å²) in [6.07, 6.45) is -1.29. The lowest BCUT2D eigenvalue weighted by atomic mass is 9.74. The summed E-state index contributed by atoms with van der Waals surface area (Å²) in [7, 11) is 0. The number of halogens is 5. The highest BCUT2D eigenvalue weighted by atomic mass is 35.5. The Morgan fingerprint density at radius 2 is 1.83 bits per heavy atom. The summed E-state index contributed by atoms with van der Waals surface area (Å²) >= 11 is 13.1. The zero-order valence-corrected chi connectivity index (χ0v) is 20.5. The van der Waals surface area contributed by atoms with Gasteiger partial charge in [0, 0.05) is 12.3 Å². The minimum atomic E-state index is -5.17. The van der Waals surface area contributed by atoms with Gasteiger partial charge in [0.2, 0.25) is 17.3 Å². The van der Waals surface area contributed by atoms with Crippen LogP contribution in [0.2, 0.25) is 0 Å². The average Bonchev–Trinajstić information content (AvgIpc) is 2.86. The van der Waals surface area contributed by atoms with Crippen LogP contribution in [-0.4, -0.2) is 45.1 Å². The number of carbonyl (C=O) groups is 1. The molecule has 1 aromatic carbocycles.